The molecule has 11 heteroatoms. The van der Waals surface area contributed by atoms with Gasteiger partial charge in [0, 0.05) is 12.0 Å². The number of primary amides is 1. The smallest absolute Gasteiger partial charge is 0.264 e. The number of aromatic nitrogens is 3. The van der Waals surface area contributed by atoms with Crippen LogP contribution in [0.3, 0.4) is 0 Å². The Balaban J connectivity index is 1.07. The summed E-state index contributed by atoms with van der Waals surface area (Å²) in [5.41, 5.74) is 6.95. The first-order chi connectivity index (χ1) is 18.0. The lowest BCUT2D eigenvalue weighted by molar-refractivity contribution is -0.0846. The zero-order valence-corrected chi connectivity index (χ0v) is 22.6. The molecule has 3 aliphatic carbocycles. The van der Waals surface area contributed by atoms with Crippen LogP contribution in [-0.2, 0) is 0 Å². The molecule has 10 nitrogen and oxygen atoms in total. The number of rotatable bonds is 9. The summed E-state index contributed by atoms with van der Waals surface area (Å²) in [5, 5.41) is 18.5. The van der Waals surface area contributed by atoms with Crippen LogP contribution in [-0.4, -0.2) is 55.9 Å². The third kappa shape index (κ3) is 4.73. The van der Waals surface area contributed by atoms with E-state index in [1.54, 1.807) is 20.0 Å². The summed E-state index contributed by atoms with van der Waals surface area (Å²) in [6, 6.07) is 3.86. The lowest BCUT2D eigenvalue weighted by atomic mass is 9.53. The topological polar surface area (TPSA) is 141 Å². The lowest BCUT2D eigenvalue weighted by Crippen LogP contribution is -2.58. The van der Waals surface area contributed by atoms with E-state index in [1.807, 2.05) is 23.6 Å². The number of nitrogens with zero attached hydrogens (tertiary/aromatic N) is 3. The van der Waals surface area contributed by atoms with Crippen molar-refractivity contribution in [2.24, 2.45) is 11.1 Å². The zero-order chi connectivity index (χ0) is 26.8. The Morgan fingerprint density at radius 3 is 2.66 bits per heavy atom. The van der Waals surface area contributed by atoms with Crippen molar-refractivity contribution in [3.05, 3.63) is 39.5 Å². The monoisotopic (exact) mass is 539 g/mol. The minimum absolute atomic E-state index is 0.0135. The van der Waals surface area contributed by atoms with Crippen LogP contribution in [0, 0.1) is 12.3 Å². The van der Waals surface area contributed by atoms with E-state index in [0.29, 0.717) is 28.0 Å². The standard InChI is InChI=1S/C27H33N5O5S/c1-14-30-25(22(38-14)23(28)33)37-17-10-27(11-17)8-16(9-27)31-24(34)18-12-29-32-19(18)6-7-20(21(32)15-4-5-15)36-13-26(2,3)35/h6-7,12,15-17,35H,4-5,8-11,13H2,1-3H3,(H2,28,33)(H,31,34)/t16-,17-,27?. The van der Waals surface area contributed by atoms with Gasteiger partial charge in [0.25, 0.3) is 11.8 Å². The van der Waals surface area contributed by atoms with Crippen molar-refractivity contribution in [2.75, 3.05) is 6.61 Å². The summed E-state index contributed by atoms with van der Waals surface area (Å²) in [6.07, 6.45) is 7.31. The molecule has 1 spiro atoms. The second kappa shape index (κ2) is 8.94. The van der Waals surface area contributed by atoms with Crippen LogP contribution in [0.1, 0.15) is 89.0 Å². The van der Waals surface area contributed by atoms with Gasteiger partial charge in [-0.15, -0.1) is 11.3 Å². The fraction of sp³-hybridized carbons (Fsp3) is 0.556. The molecular formula is C27H33N5O5S. The number of aryl methyl sites for hydroxylation is 1. The van der Waals surface area contributed by atoms with E-state index in [4.69, 9.17) is 15.2 Å². The number of ether oxygens (including phenoxy) is 2. The highest BCUT2D eigenvalue weighted by atomic mass is 32.1. The van der Waals surface area contributed by atoms with E-state index in [9.17, 15) is 14.7 Å². The first kappa shape index (κ1) is 25.1. The molecule has 3 fully saturated rings. The molecule has 0 radical (unpaired) electrons. The van der Waals surface area contributed by atoms with E-state index in [0.717, 1.165) is 54.7 Å². The maximum atomic E-state index is 13.2. The molecule has 0 saturated heterocycles. The van der Waals surface area contributed by atoms with Crippen LogP contribution in [0.2, 0.25) is 0 Å². The van der Waals surface area contributed by atoms with Crippen LogP contribution < -0.4 is 20.5 Å². The molecule has 0 aromatic carbocycles. The molecule has 2 amide bonds. The Bertz CT molecular complexity index is 1410. The SMILES string of the molecule is Cc1nc(O[C@H]2CC3(C[C@H](NC(=O)c4cnn5c(C6CC6)c(OCC(C)(C)O)ccc45)C3)C2)c(C(N)=O)s1. The average Bonchev–Trinajstić information content (AvgIpc) is 3.42. The van der Waals surface area contributed by atoms with E-state index < -0.39 is 11.5 Å². The van der Waals surface area contributed by atoms with Gasteiger partial charge in [0.1, 0.15) is 18.5 Å². The number of nitrogens with two attached hydrogens (primary N) is 1. The highest BCUT2D eigenvalue weighted by molar-refractivity contribution is 7.13. The highest BCUT2D eigenvalue weighted by Gasteiger charge is 2.54. The third-order valence-electron chi connectivity index (χ3n) is 7.69. The first-order valence-corrected chi connectivity index (χ1v) is 13.9. The molecule has 3 aromatic heterocycles. The van der Waals surface area contributed by atoms with Crippen LogP contribution in [0.4, 0.5) is 0 Å². The molecule has 6 rings (SSSR count). The van der Waals surface area contributed by atoms with E-state index >= 15 is 0 Å². The van der Waals surface area contributed by atoms with Gasteiger partial charge in [0.05, 0.1) is 33.6 Å². The van der Waals surface area contributed by atoms with Crippen molar-refractivity contribution in [1.82, 2.24) is 19.9 Å². The summed E-state index contributed by atoms with van der Waals surface area (Å²) in [7, 11) is 0. The van der Waals surface area contributed by atoms with Gasteiger partial charge in [-0.2, -0.15) is 5.10 Å². The highest BCUT2D eigenvalue weighted by Crippen LogP contribution is 2.57. The van der Waals surface area contributed by atoms with E-state index in [-0.39, 0.29) is 30.1 Å². The van der Waals surface area contributed by atoms with Gasteiger partial charge in [-0.25, -0.2) is 9.50 Å². The van der Waals surface area contributed by atoms with Crippen molar-refractivity contribution in [3.8, 4) is 11.6 Å². The zero-order valence-electron chi connectivity index (χ0n) is 21.8. The van der Waals surface area contributed by atoms with Crippen LogP contribution in [0.25, 0.3) is 5.52 Å². The Morgan fingerprint density at radius 1 is 1.26 bits per heavy atom. The lowest BCUT2D eigenvalue weighted by Gasteiger charge is -2.57. The van der Waals surface area contributed by atoms with E-state index in [1.165, 1.54) is 11.3 Å². The number of amides is 2. The first-order valence-electron chi connectivity index (χ1n) is 13.1. The molecule has 202 valence electrons. The van der Waals surface area contributed by atoms with Gasteiger partial charge in [-0.05, 0) is 76.8 Å². The number of carbonyl (C=O) groups is 2. The fourth-order valence-corrected chi connectivity index (χ4v) is 6.52. The predicted octanol–water partition coefficient (Wildman–Crippen LogP) is 3.35. The van der Waals surface area contributed by atoms with Crippen molar-refractivity contribution in [3.63, 3.8) is 0 Å². The maximum Gasteiger partial charge on any atom is 0.264 e. The summed E-state index contributed by atoms with van der Waals surface area (Å²) in [5.74, 6) is 0.759. The Labute approximate surface area is 224 Å². The second-order valence-electron chi connectivity index (χ2n) is 11.8. The molecule has 38 heavy (non-hydrogen) atoms. The third-order valence-corrected chi connectivity index (χ3v) is 8.66. The number of hydrogen-bond acceptors (Lipinski definition) is 8. The van der Waals surface area contributed by atoms with Gasteiger partial charge in [0.15, 0.2) is 4.88 Å². The van der Waals surface area contributed by atoms with Crippen molar-refractivity contribution >= 4 is 28.7 Å². The van der Waals surface area contributed by atoms with Crippen molar-refractivity contribution < 1.29 is 24.2 Å². The van der Waals surface area contributed by atoms with Crippen molar-refractivity contribution in [2.45, 2.75) is 83.0 Å². The quantitative estimate of drug-likeness (QED) is 0.379. The molecule has 4 N–H and O–H groups in total. The minimum Gasteiger partial charge on any atom is -0.489 e. The van der Waals surface area contributed by atoms with Gasteiger partial charge >= 0.3 is 0 Å². The molecule has 0 aliphatic heterocycles. The van der Waals surface area contributed by atoms with Crippen LogP contribution >= 0.6 is 11.3 Å². The maximum absolute atomic E-state index is 13.2. The number of carbonyl (C=O) groups excluding carboxylic acids is 2. The van der Waals surface area contributed by atoms with Gasteiger partial charge in [0.2, 0.25) is 5.88 Å². The number of nitrogens with one attached hydrogen (secondary N) is 1. The van der Waals surface area contributed by atoms with Gasteiger partial charge < -0.3 is 25.6 Å². The molecule has 3 aromatic rings. The van der Waals surface area contributed by atoms with Crippen LogP contribution in [0.5, 0.6) is 11.6 Å². The molecule has 3 aliphatic rings. The predicted molar refractivity (Wildman–Crippen MR) is 141 cm³/mol. The normalized spacial score (nSPS) is 24.6. The van der Waals surface area contributed by atoms with Gasteiger partial charge in [-0.1, -0.05) is 0 Å². The number of thiazole rings is 1. The largest absolute Gasteiger partial charge is 0.489 e. The van der Waals surface area contributed by atoms with Gasteiger partial charge in [-0.3, -0.25) is 9.59 Å². The molecule has 0 atom stereocenters. The van der Waals surface area contributed by atoms with Crippen LogP contribution in [0.15, 0.2) is 18.3 Å². The van der Waals surface area contributed by atoms with E-state index in [2.05, 4.69) is 15.4 Å². The summed E-state index contributed by atoms with van der Waals surface area (Å²) in [6.45, 7) is 5.42. The number of fused-ring (bicyclic) bond motifs is 1. The Morgan fingerprint density at radius 2 is 2.00 bits per heavy atom. The Hall–Kier alpha value is -3.18. The number of aliphatic hydroxyl groups is 1. The van der Waals surface area contributed by atoms with Crippen molar-refractivity contribution in [1.29, 1.82) is 0 Å². The minimum atomic E-state index is -0.941. The summed E-state index contributed by atoms with van der Waals surface area (Å²) < 4.78 is 13.7. The number of pyridine rings is 1. The molecule has 3 heterocycles. The summed E-state index contributed by atoms with van der Waals surface area (Å²) in [4.78, 5) is 29.5. The Kier molecular flexibility index (Phi) is 5.91. The molecule has 0 bridgehead atoms. The summed E-state index contributed by atoms with van der Waals surface area (Å²) >= 11 is 1.25. The number of hydrogen-bond donors (Lipinski definition) is 3. The molecular weight excluding hydrogens is 506 g/mol. The second-order valence-corrected chi connectivity index (χ2v) is 13.0. The fourth-order valence-electron chi connectivity index (χ4n) is 5.81. The average molecular weight is 540 g/mol. The molecule has 3 saturated carbocycles. The molecule has 0 unspecified atom stereocenters.